The van der Waals surface area contributed by atoms with Crippen LogP contribution in [0.1, 0.15) is 19.7 Å². The van der Waals surface area contributed by atoms with Crippen LogP contribution in [0.5, 0.6) is 0 Å². The average molecular weight is 136 g/mol. The molecule has 0 aliphatic carbocycles. The number of allylic oxidation sites excluding steroid dienone is 1. The summed E-state index contributed by atoms with van der Waals surface area (Å²) in [6, 6.07) is 0. The van der Waals surface area contributed by atoms with Gasteiger partial charge >= 0.3 is 0 Å². The van der Waals surface area contributed by atoms with Gasteiger partial charge in [0, 0.05) is 25.0 Å². The van der Waals surface area contributed by atoms with Crippen molar-refractivity contribution in [2.75, 3.05) is 0 Å². The molecule has 0 amide bonds. The van der Waals surface area contributed by atoms with Crippen molar-refractivity contribution in [3.05, 3.63) is 24.3 Å². The molecule has 2 heteroatoms. The van der Waals surface area contributed by atoms with Crippen molar-refractivity contribution in [3.8, 4) is 0 Å². The van der Waals surface area contributed by atoms with Crippen molar-refractivity contribution in [2.24, 2.45) is 0 Å². The Labute approximate surface area is 61.2 Å². The standard InChI is InChI=1S/C8H12N2/c1-3-6-10-7-5-9-8(10)4-2/h3,5-7H,4H2,1-2H3. The van der Waals surface area contributed by atoms with Crippen LogP contribution in [0.3, 0.4) is 0 Å². The van der Waals surface area contributed by atoms with Crippen molar-refractivity contribution >= 4 is 6.20 Å². The molecule has 0 spiro atoms. The first kappa shape index (κ1) is 7.06. The summed E-state index contributed by atoms with van der Waals surface area (Å²) in [5.74, 6) is 1.11. The van der Waals surface area contributed by atoms with E-state index in [2.05, 4.69) is 11.9 Å². The van der Waals surface area contributed by atoms with Crippen LogP contribution in [-0.2, 0) is 6.42 Å². The highest BCUT2D eigenvalue weighted by atomic mass is 15.0. The number of nitrogens with zero attached hydrogens (tertiary/aromatic N) is 2. The molecule has 10 heavy (non-hydrogen) atoms. The van der Waals surface area contributed by atoms with Gasteiger partial charge in [0.15, 0.2) is 0 Å². The lowest BCUT2D eigenvalue weighted by atomic mass is 10.4. The fraction of sp³-hybridized carbons (Fsp3) is 0.375. The van der Waals surface area contributed by atoms with E-state index in [1.165, 1.54) is 0 Å². The maximum atomic E-state index is 4.16. The first-order valence-electron chi connectivity index (χ1n) is 3.53. The van der Waals surface area contributed by atoms with E-state index in [0.717, 1.165) is 12.2 Å². The Bertz CT molecular complexity index is 223. The number of hydrogen-bond donors (Lipinski definition) is 0. The van der Waals surface area contributed by atoms with E-state index in [4.69, 9.17) is 0 Å². The van der Waals surface area contributed by atoms with E-state index >= 15 is 0 Å². The number of imidazole rings is 1. The summed E-state index contributed by atoms with van der Waals surface area (Å²) < 4.78 is 2.03. The second-order valence-electron chi connectivity index (χ2n) is 2.09. The third-order valence-electron chi connectivity index (χ3n) is 1.37. The molecule has 1 aromatic rings. The van der Waals surface area contributed by atoms with Crippen molar-refractivity contribution in [3.63, 3.8) is 0 Å². The number of aromatic nitrogens is 2. The fourth-order valence-electron chi connectivity index (χ4n) is 0.914. The van der Waals surface area contributed by atoms with Crippen LogP contribution < -0.4 is 0 Å². The summed E-state index contributed by atoms with van der Waals surface area (Å²) >= 11 is 0. The van der Waals surface area contributed by atoms with Gasteiger partial charge in [-0.05, 0) is 6.92 Å². The van der Waals surface area contributed by atoms with E-state index in [0.29, 0.717) is 0 Å². The Hall–Kier alpha value is -1.05. The maximum absolute atomic E-state index is 4.16. The van der Waals surface area contributed by atoms with Gasteiger partial charge in [-0.1, -0.05) is 13.0 Å². The molecule has 0 saturated carbocycles. The molecule has 0 atom stereocenters. The molecule has 0 aliphatic rings. The van der Waals surface area contributed by atoms with Crippen LogP contribution >= 0.6 is 0 Å². The zero-order chi connectivity index (χ0) is 7.40. The van der Waals surface area contributed by atoms with Gasteiger partial charge in [-0.25, -0.2) is 4.98 Å². The van der Waals surface area contributed by atoms with E-state index in [1.807, 2.05) is 36.2 Å². The van der Waals surface area contributed by atoms with Crippen LogP contribution in [0, 0.1) is 0 Å². The minimum absolute atomic E-state index is 0.983. The van der Waals surface area contributed by atoms with E-state index in [-0.39, 0.29) is 0 Å². The van der Waals surface area contributed by atoms with E-state index in [9.17, 15) is 0 Å². The molecule has 0 N–H and O–H groups in total. The van der Waals surface area contributed by atoms with Gasteiger partial charge < -0.3 is 4.57 Å². The predicted octanol–water partition coefficient (Wildman–Crippen LogP) is 1.94. The first-order valence-corrected chi connectivity index (χ1v) is 3.53. The summed E-state index contributed by atoms with van der Waals surface area (Å²) in [6.45, 7) is 4.10. The highest BCUT2D eigenvalue weighted by molar-refractivity contribution is 5.23. The molecule has 0 unspecified atom stereocenters. The molecule has 0 aromatic carbocycles. The van der Waals surface area contributed by atoms with Crippen molar-refractivity contribution in [1.82, 2.24) is 9.55 Å². The molecule has 0 radical (unpaired) electrons. The van der Waals surface area contributed by atoms with Crippen LogP contribution in [-0.4, -0.2) is 9.55 Å². The quantitative estimate of drug-likeness (QED) is 0.607. The van der Waals surface area contributed by atoms with E-state index in [1.54, 1.807) is 0 Å². The molecule has 54 valence electrons. The second kappa shape index (κ2) is 3.20. The molecule has 1 aromatic heterocycles. The fourth-order valence-corrected chi connectivity index (χ4v) is 0.914. The molecule has 0 bridgehead atoms. The largest absolute Gasteiger partial charge is 0.311 e. The van der Waals surface area contributed by atoms with Crippen molar-refractivity contribution < 1.29 is 0 Å². The minimum atomic E-state index is 0.983. The van der Waals surface area contributed by atoms with Crippen molar-refractivity contribution in [2.45, 2.75) is 20.3 Å². The lowest BCUT2D eigenvalue weighted by Crippen LogP contribution is -1.92. The minimum Gasteiger partial charge on any atom is -0.311 e. The summed E-state index contributed by atoms with van der Waals surface area (Å²) in [7, 11) is 0. The molecule has 0 aliphatic heterocycles. The zero-order valence-electron chi connectivity index (χ0n) is 6.41. The highest BCUT2D eigenvalue weighted by Crippen LogP contribution is 1.98. The number of rotatable bonds is 2. The lowest BCUT2D eigenvalue weighted by Gasteiger charge is -1.95. The number of hydrogen-bond acceptors (Lipinski definition) is 1. The molecule has 1 rings (SSSR count). The molecule has 0 saturated heterocycles. The third kappa shape index (κ3) is 1.26. The zero-order valence-corrected chi connectivity index (χ0v) is 6.41. The monoisotopic (exact) mass is 136 g/mol. The SMILES string of the molecule is CC=Cn1ccnc1CC. The van der Waals surface area contributed by atoms with Crippen molar-refractivity contribution in [1.29, 1.82) is 0 Å². The molecular weight excluding hydrogens is 124 g/mol. The third-order valence-corrected chi connectivity index (χ3v) is 1.37. The summed E-state index contributed by atoms with van der Waals surface area (Å²) in [6.07, 6.45) is 8.77. The van der Waals surface area contributed by atoms with Crippen LogP contribution in [0.15, 0.2) is 18.5 Å². The Morgan fingerprint density at radius 2 is 2.50 bits per heavy atom. The Morgan fingerprint density at radius 3 is 3.10 bits per heavy atom. The van der Waals surface area contributed by atoms with Gasteiger partial charge in [-0.2, -0.15) is 0 Å². The summed E-state index contributed by atoms with van der Waals surface area (Å²) in [4.78, 5) is 4.16. The normalized spacial score (nSPS) is 11.0. The summed E-state index contributed by atoms with van der Waals surface area (Å²) in [5, 5.41) is 0. The van der Waals surface area contributed by atoms with Gasteiger partial charge in [0.2, 0.25) is 0 Å². The number of aryl methyl sites for hydroxylation is 1. The first-order chi connectivity index (χ1) is 4.88. The van der Waals surface area contributed by atoms with Gasteiger partial charge in [0.25, 0.3) is 0 Å². The van der Waals surface area contributed by atoms with E-state index < -0.39 is 0 Å². The Morgan fingerprint density at radius 1 is 1.70 bits per heavy atom. The topological polar surface area (TPSA) is 17.8 Å². The van der Waals surface area contributed by atoms with Gasteiger partial charge in [-0.3, -0.25) is 0 Å². The predicted molar refractivity (Wildman–Crippen MR) is 42.6 cm³/mol. The van der Waals surface area contributed by atoms with Gasteiger partial charge in [-0.15, -0.1) is 0 Å². The van der Waals surface area contributed by atoms with Crippen LogP contribution in [0.25, 0.3) is 6.20 Å². The Balaban J connectivity index is 2.90. The molecular formula is C8H12N2. The van der Waals surface area contributed by atoms with Crippen LogP contribution in [0.2, 0.25) is 0 Å². The highest BCUT2D eigenvalue weighted by Gasteiger charge is 1.93. The maximum Gasteiger partial charge on any atom is 0.112 e. The summed E-state index contributed by atoms with van der Waals surface area (Å²) in [5.41, 5.74) is 0. The van der Waals surface area contributed by atoms with Gasteiger partial charge in [0.1, 0.15) is 5.82 Å². The Kier molecular flexibility index (Phi) is 2.26. The molecule has 0 fully saturated rings. The second-order valence-corrected chi connectivity index (χ2v) is 2.09. The molecule has 1 heterocycles. The lowest BCUT2D eigenvalue weighted by molar-refractivity contribution is 0.923. The average Bonchev–Trinajstić information content (AvgIpc) is 2.36. The molecule has 2 nitrogen and oxygen atoms in total. The smallest absolute Gasteiger partial charge is 0.112 e. The van der Waals surface area contributed by atoms with Gasteiger partial charge in [0.05, 0.1) is 0 Å². The van der Waals surface area contributed by atoms with Crippen LogP contribution in [0.4, 0.5) is 0 Å².